The van der Waals surface area contributed by atoms with E-state index in [-0.39, 0.29) is 5.56 Å². The maximum atomic E-state index is 11.8. The second-order valence-electron chi connectivity index (χ2n) is 3.79. The van der Waals surface area contributed by atoms with Gasteiger partial charge in [0.1, 0.15) is 5.52 Å². The highest BCUT2D eigenvalue weighted by Crippen LogP contribution is 2.11. The Morgan fingerprint density at radius 2 is 2.31 bits per heavy atom. The molecule has 0 aliphatic heterocycles. The molecule has 1 N–H and O–H groups in total. The Bertz CT molecular complexity index is 539. The molecular formula is C12H16N2O2. The molecule has 0 radical (unpaired) electrons. The predicted molar refractivity (Wildman–Crippen MR) is 63.8 cm³/mol. The van der Waals surface area contributed by atoms with Crippen LogP contribution in [0.5, 0.6) is 0 Å². The van der Waals surface area contributed by atoms with Crippen molar-refractivity contribution in [2.45, 2.75) is 20.4 Å². The zero-order chi connectivity index (χ0) is 11.5. The summed E-state index contributed by atoms with van der Waals surface area (Å²) in [6, 6.07) is 3.94. The van der Waals surface area contributed by atoms with Gasteiger partial charge in [0.05, 0.1) is 6.61 Å². The van der Waals surface area contributed by atoms with Crippen LogP contribution in [0.4, 0.5) is 0 Å². The smallest absolute Gasteiger partial charge is 0.272 e. The van der Waals surface area contributed by atoms with Crippen LogP contribution < -0.4 is 5.56 Å². The number of rotatable bonds is 4. The summed E-state index contributed by atoms with van der Waals surface area (Å²) in [4.78, 5) is 14.6. The van der Waals surface area contributed by atoms with E-state index < -0.39 is 0 Å². The van der Waals surface area contributed by atoms with Crippen molar-refractivity contribution in [3.63, 3.8) is 0 Å². The van der Waals surface area contributed by atoms with Crippen LogP contribution in [0.3, 0.4) is 0 Å². The third-order valence-electron chi connectivity index (χ3n) is 2.57. The fourth-order valence-electron chi connectivity index (χ4n) is 1.87. The molecule has 0 amide bonds. The first-order chi connectivity index (χ1) is 7.72. The van der Waals surface area contributed by atoms with E-state index in [1.807, 2.05) is 36.7 Å². The van der Waals surface area contributed by atoms with E-state index in [0.717, 1.165) is 16.6 Å². The number of ether oxygens (including phenoxy) is 1. The van der Waals surface area contributed by atoms with Crippen molar-refractivity contribution in [1.29, 1.82) is 0 Å². The fraction of sp³-hybridized carbons (Fsp3) is 0.417. The van der Waals surface area contributed by atoms with Gasteiger partial charge in [-0.25, -0.2) is 0 Å². The van der Waals surface area contributed by atoms with E-state index in [2.05, 4.69) is 4.98 Å². The molecule has 0 saturated heterocycles. The molecule has 0 spiro atoms. The third kappa shape index (κ3) is 2.02. The second kappa shape index (κ2) is 4.53. The Labute approximate surface area is 93.9 Å². The highest BCUT2D eigenvalue weighted by atomic mass is 16.5. The van der Waals surface area contributed by atoms with Gasteiger partial charge in [-0.1, -0.05) is 0 Å². The first kappa shape index (κ1) is 11.0. The summed E-state index contributed by atoms with van der Waals surface area (Å²) < 4.78 is 7.22. The molecule has 0 fully saturated rings. The zero-order valence-electron chi connectivity index (χ0n) is 9.62. The van der Waals surface area contributed by atoms with Crippen LogP contribution in [0.15, 0.2) is 23.1 Å². The minimum Gasteiger partial charge on any atom is -0.380 e. The van der Waals surface area contributed by atoms with Crippen molar-refractivity contribution in [2.75, 3.05) is 13.2 Å². The second-order valence-corrected chi connectivity index (χ2v) is 3.79. The molecule has 2 rings (SSSR count). The molecule has 0 aromatic carbocycles. The highest BCUT2D eigenvalue weighted by molar-refractivity contribution is 5.79. The topological polar surface area (TPSA) is 47.0 Å². The molecule has 0 unspecified atom stereocenters. The summed E-state index contributed by atoms with van der Waals surface area (Å²) in [7, 11) is 0. The number of pyridine rings is 1. The van der Waals surface area contributed by atoms with E-state index in [1.165, 1.54) is 0 Å². The van der Waals surface area contributed by atoms with Gasteiger partial charge in [0.15, 0.2) is 0 Å². The molecule has 2 aromatic heterocycles. The molecule has 16 heavy (non-hydrogen) atoms. The lowest BCUT2D eigenvalue weighted by Gasteiger charge is -2.04. The van der Waals surface area contributed by atoms with Gasteiger partial charge >= 0.3 is 0 Å². The number of aromatic nitrogens is 2. The molecule has 0 saturated carbocycles. The lowest BCUT2D eigenvalue weighted by atomic mass is 10.3. The average Bonchev–Trinajstić information content (AvgIpc) is 2.62. The molecular weight excluding hydrogens is 204 g/mol. The lowest BCUT2D eigenvalue weighted by molar-refractivity contribution is 0.140. The Kier molecular flexibility index (Phi) is 3.10. The number of nitrogens with one attached hydrogen (secondary N) is 1. The van der Waals surface area contributed by atoms with Crippen LogP contribution in [0.25, 0.3) is 10.9 Å². The Morgan fingerprint density at radius 3 is 3.06 bits per heavy atom. The number of hydrogen-bond donors (Lipinski definition) is 1. The van der Waals surface area contributed by atoms with Crippen molar-refractivity contribution in [1.82, 2.24) is 9.55 Å². The number of H-pyrrole nitrogens is 1. The van der Waals surface area contributed by atoms with Gasteiger partial charge < -0.3 is 14.3 Å². The molecule has 4 heteroatoms. The highest BCUT2D eigenvalue weighted by Gasteiger charge is 2.05. The van der Waals surface area contributed by atoms with Crippen LogP contribution in [-0.2, 0) is 11.3 Å². The van der Waals surface area contributed by atoms with Gasteiger partial charge in [-0.2, -0.15) is 0 Å². The van der Waals surface area contributed by atoms with E-state index in [4.69, 9.17) is 4.74 Å². The fourth-order valence-corrected chi connectivity index (χ4v) is 1.87. The average molecular weight is 220 g/mol. The molecule has 2 heterocycles. The zero-order valence-corrected chi connectivity index (χ0v) is 9.62. The van der Waals surface area contributed by atoms with Gasteiger partial charge in [0.2, 0.25) is 0 Å². The van der Waals surface area contributed by atoms with Gasteiger partial charge in [-0.05, 0) is 26.0 Å². The minimum atomic E-state index is -0.0310. The molecule has 4 nitrogen and oxygen atoms in total. The third-order valence-corrected chi connectivity index (χ3v) is 2.57. The molecule has 2 aromatic rings. The van der Waals surface area contributed by atoms with Crippen molar-refractivity contribution in [3.05, 3.63) is 34.4 Å². The molecule has 86 valence electrons. The summed E-state index contributed by atoms with van der Waals surface area (Å²) in [6.45, 7) is 5.90. The van der Waals surface area contributed by atoms with Crippen LogP contribution in [0, 0.1) is 6.92 Å². The number of aromatic amines is 1. The lowest BCUT2D eigenvalue weighted by Crippen LogP contribution is -2.13. The van der Waals surface area contributed by atoms with Crippen LogP contribution >= 0.6 is 0 Å². The van der Waals surface area contributed by atoms with Gasteiger partial charge in [0, 0.05) is 30.4 Å². The maximum Gasteiger partial charge on any atom is 0.272 e. The van der Waals surface area contributed by atoms with Crippen LogP contribution in [0.2, 0.25) is 0 Å². The van der Waals surface area contributed by atoms with Gasteiger partial charge in [-0.15, -0.1) is 0 Å². The number of nitrogens with zero attached hydrogens (tertiary/aromatic N) is 1. The normalized spacial score (nSPS) is 11.1. The summed E-state index contributed by atoms with van der Waals surface area (Å²) >= 11 is 0. The summed E-state index contributed by atoms with van der Waals surface area (Å²) in [5.74, 6) is 0. The van der Waals surface area contributed by atoms with E-state index in [9.17, 15) is 4.79 Å². The summed E-state index contributed by atoms with van der Waals surface area (Å²) in [5, 5.41) is 0.984. The van der Waals surface area contributed by atoms with Crippen LogP contribution in [-0.4, -0.2) is 22.8 Å². The van der Waals surface area contributed by atoms with Crippen molar-refractivity contribution in [2.24, 2.45) is 0 Å². The molecule has 0 aliphatic rings. The van der Waals surface area contributed by atoms with Crippen molar-refractivity contribution >= 4 is 10.9 Å². The molecule has 0 aliphatic carbocycles. The molecule has 0 atom stereocenters. The number of aryl methyl sites for hydroxylation is 1. The van der Waals surface area contributed by atoms with E-state index in [0.29, 0.717) is 19.8 Å². The number of hydrogen-bond acceptors (Lipinski definition) is 2. The summed E-state index contributed by atoms with van der Waals surface area (Å²) in [5.41, 5.74) is 1.59. The number of fused-ring (bicyclic) bond motifs is 1. The van der Waals surface area contributed by atoms with Crippen molar-refractivity contribution in [3.8, 4) is 0 Å². The Balaban J connectivity index is 2.37. The van der Waals surface area contributed by atoms with Gasteiger partial charge in [-0.3, -0.25) is 4.79 Å². The first-order valence-corrected chi connectivity index (χ1v) is 5.49. The standard InChI is InChI=1S/C12H16N2O2/c1-3-16-7-6-14-5-4-10-8-9(2)13-12(15)11(10)14/h4-5,8H,3,6-7H2,1-2H3,(H,13,15). The molecule has 0 bridgehead atoms. The van der Waals surface area contributed by atoms with Crippen molar-refractivity contribution < 1.29 is 4.74 Å². The SMILES string of the molecule is CCOCCn1ccc2cc(C)[nH]c(=O)c21. The summed E-state index contributed by atoms with van der Waals surface area (Å²) in [6.07, 6.45) is 1.93. The predicted octanol–water partition coefficient (Wildman–Crippen LogP) is 1.67. The Morgan fingerprint density at radius 1 is 1.50 bits per heavy atom. The maximum absolute atomic E-state index is 11.8. The monoisotopic (exact) mass is 220 g/mol. The quantitative estimate of drug-likeness (QED) is 0.797. The minimum absolute atomic E-state index is 0.0310. The van der Waals surface area contributed by atoms with Crippen LogP contribution in [0.1, 0.15) is 12.6 Å². The van der Waals surface area contributed by atoms with Gasteiger partial charge in [0.25, 0.3) is 5.56 Å². The van der Waals surface area contributed by atoms with E-state index >= 15 is 0 Å². The van der Waals surface area contributed by atoms with E-state index in [1.54, 1.807) is 0 Å². The first-order valence-electron chi connectivity index (χ1n) is 5.49. The largest absolute Gasteiger partial charge is 0.380 e. The Hall–Kier alpha value is -1.55.